The van der Waals surface area contributed by atoms with Crippen molar-refractivity contribution >= 4 is 34.4 Å². The van der Waals surface area contributed by atoms with E-state index in [1.807, 2.05) is 0 Å². The van der Waals surface area contributed by atoms with E-state index in [9.17, 15) is 9.59 Å². The second-order valence-electron chi connectivity index (χ2n) is 3.52. The lowest BCUT2D eigenvalue weighted by molar-refractivity contribution is -0.161. The molecule has 91 valence electrons. The summed E-state index contributed by atoms with van der Waals surface area (Å²) in [5.41, 5.74) is 3.82. The molecule has 1 rings (SSSR count). The van der Waals surface area contributed by atoms with Crippen LogP contribution in [-0.4, -0.2) is 33.7 Å². The average Bonchev–Trinajstić information content (AvgIpc) is 2.65. The van der Waals surface area contributed by atoms with Crippen LogP contribution in [0.15, 0.2) is 10.5 Å². The molecule has 1 aromatic heterocycles. The quantitative estimate of drug-likeness (QED) is 0.582. The molecule has 0 unspecified atom stereocenters. The van der Waals surface area contributed by atoms with Crippen LogP contribution >= 0.6 is 11.3 Å². The topological polar surface area (TPSA) is 115 Å². The Morgan fingerprint density at radius 1 is 1.71 bits per heavy atom. The summed E-state index contributed by atoms with van der Waals surface area (Å²) in [5.74, 6) is -1.20. The fraction of sp³-hybridized carbons (Fsp3) is 0.333. The number of nitrogens with two attached hydrogens (primary N) is 1. The van der Waals surface area contributed by atoms with Crippen LogP contribution in [0, 0.1) is 0 Å². The number of anilines is 1. The predicted octanol–water partition coefficient (Wildman–Crippen LogP) is 0.419. The number of nitrogen functional groups attached to an aromatic ring is 1. The van der Waals surface area contributed by atoms with Gasteiger partial charge in [-0.15, -0.1) is 11.3 Å². The standard InChI is InChI=1S/C9H10N3O4S/c1-9(2,7(14)15)16-12-5(3-13)6-4-17-8(10)11-6/h4H,1-2H3,(H2,10,11)(H,14,15)/b12-5-. The number of nitrogens with zero attached hydrogens (tertiary/aromatic N) is 2. The third-order valence-electron chi connectivity index (χ3n) is 1.74. The fourth-order valence-electron chi connectivity index (χ4n) is 0.713. The lowest BCUT2D eigenvalue weighted by Crippen LogP contribution is -2.33. The summed E-state index contributed by atoms with van der Waals surface area (Å²) in [6.45, 7) is 2.60. The van der Waals surface area contributed by atoms with Crippen molar-refractivity contribution < 1.29 is 19.5 Å². The molecule has 17 heavy (non-hydrogen) atoms. The summed E-state index contributed by atoms with van der Waals surface area (Å²) >= 11 is 1.12. The minimum Gasteiger partial charge on any atom is -0.478 e. The fourth-order valence-corrected chi connectivity index (χ4v) is 1.26. The van der Waals surface area contributed by atoms with E-state index in [1.54, 1.807) is 0 Å². The SMILES string of the molecule is CC(C)(O/N=C(/[C]=O)c1csc(N)n1)C(=O)O. The van der Waals surface area contributed by atoms with Crippen LogP contribution in [0.5, 0.6) is 0 Å². The Morgan fingerprint density at radius 3 is 2.76 bits per heavy atom. The molecule has 1 heterocycles. The van der Waals surface area contributed by atoms with Gasteiger partial charge in [0, 0.05) is 5.38 Å². The van der Waals surface area contributed by atoms with Gasteiger partial charge in [0.05, 0.1) is 0 Å². The van der Waals surface area contributed by atoms with Crippen molar-refractivity contribution in [3.63, 3.8) is 0 Å². The van der Waals surface area contributed by atoms with Crippen molar-refractivity contribution in [2.45, 2.75) is 19.4 Å². The van der Waals surface area contributed by atoms with Gasteiger partial charge in [0.25, 0.3) is 6.29 Å². The smallest absolute Gasteiger partial charge is 0.350 e. The first-order chi connectivity index (χ1) is 7.86. The molecule has 0 aromatic carbocycles. The van der Waals surface area contributed by atoms with Gasteiger partial charge in [0.2, 0.25) is 5.60 Å². The Morgan fingerprint density at radius 2 is 2.35 bits per heavy atom. The number of carboxylic acids is 1. The number of hydrogen-bond acceptors (Lipinski definition) is 7. The van der Waals surface area contributed by atoms with Crippen molar-refractivity contribution in [1.82, 2.24) is 4.98 Å². The lowest BCUT2D eigenvalue weighted by atomic mass is 10.1. The molecule has 0 saturated carbocycles. The van der Waals surface area contributed by atoms with Gasteiger partial charge in [0.1, 0.15) is 5.69 Å². The number of oxime groups is 1. The highest BCUT2D eigenvalue weighted by atomic mass is 32.1. The second-order valence-corrected chi connectivity index (χ2v) is 4.41. The van der Waals surface area contributed by atoms with Crippen LogP contribution in [0.1, 0.15) is 19.5 Å². The number of aliphatic carboxylic acids is 1. The van der Waals surface area contributed by atoms with Gasteiger partial charge in [0.15, 0.2) is 10.8 Å². The Kier molecular flexibility index (Phi) is 3.79. The molecule has 1 aromatic rings. The van der Waals surface area contributed by atoms with Crippen LogP contribution in [0.2, 0.25) is 0 Å². The highest BCUT2D eigenvalue weighted by molar-refractivity contribution is 7.13. The van der Waals surface area contributed by atoms with Crippen molar-refractivity contribution in [1.29, 1.82) is 0 Å². The zero-order valence-electron chi connectivity index (χ0n) is 9.13. The molecular weight excluding hydrogens is 246 g/mol. The molecule has 3 N–H and O–H groups in total. The van der Waals surface area contributed by atoms with Crippen molar-refractivity contribution in [3.05, 3.63) is 11.1 Å². The maximum Gasteiger partial charge on any atom is 0.350 e. The zero-order chi connectivity index (χ0) is 13.1. The molecule has 0 aliphatic carbocycles. The highest BCUT2D eigenvalue weighted by Gasteiger charge is 2.30. The minimum atomic E-state index is -1.54. The Labute approximate surface area is 101 Å². The van der Waals surface area contributed by atoms with Crippen molar-refractivity contribution in [2.75, 3.05) is 5.73 Å². The molecule has 0 fully saturated rings. The van der Waals surface area contributed by atoms with Gasteiger partial charge in [-0.3, -0.25) is 4.79 Å². The van der Waals surface area contributed by atoms with E-state index in [-0.39, 0.29) is 16.5 Å². The molecule has 0 aliphatic heterocycles. The molecule has 1 radical (unpaired) electrons. The van der Waals surface area contributed by atoms with Crippen molar-refractivity contribution in [3.8, 4) is 0 Å². The summed E-state index contributed by atoms with van der Waals surface area (Å²) in [4.78, 5) is 29.9. The number of aromatic nitrogens is 1. The Hall–Kier alpha value is -1.96. The van der Waals surface area contributed by atoms with E-state index in [2.05, 4.69) is 10.1 Å². The third kappa shape index (κ3) is 3.25. The first kappa shape index (κ1) is 13.1. The summed E-state index contributed by atoms with van der Waals surface area (Å²) in [5, 5.41) is 14.0. The largest absolute Gasteiger partial charge is 0.478 e. The average molecular weight is 256 g/mol. The van der Waals surface area contributed by atoms with E-state index in [0.717, 1.165) is 11.3 Å². The first-order valence-corrected chi connectivity index (χ1v) is 5.34. The van der Waals surface area contributed by atoms with E-state index >= 15 is 0 Å². The van der Waals surface area contributed by atoms with Gasteiger partial charge in [-0.2, -0.15) is 0 Å². The van der Waals surface area contributed by atoms with Gasteiger partial charge in [-0.1, -0.05) is 5.16 Å². The molecule has 0 atom stereocenters. The molecule has 0 bridgehead atoms. The van der Waals surface area contributed by atoms with Gasteiger partial charge >= 0.3 is 5.97 Å². The number of thiazole rings is 1. The Bertz CT molecular complexity index is 467. The van der Waals surface area contributed by atoms with Crippen LogP contribution in [0.4, 0.5) is 5.13 Å². The number of carbonyl (C=O) groups excluding carboxylic acids is 1. The number of carboxylic acid groups (broad SMARTS) is 1. The van der Waals surface area contributed by atoms with E-state index in [4.69, 9.17) is 15.7 Å². The van der Waals surface area contributed by atoms with E-state index in [0.29, 0.717) is 0 Å². The van der Waals surface area contributed by atoms with Gasteiger partial charge in [-0.25, -0.2) is 9.78 Å². The molecule has 8 heteroatoms. The van der Waals surface area contributed by atoms with Crippen molar-refractivity contribution in [2.24, 2.45) is 5.16 Å². The first-order valence-electron chi connectivity index (χ1n) is 4.46. The summed E-state index contributed by atoms with van der Waals surface area (Å²) < 4.78 is 0. The molecule has 0 amide bonds. The normalized spacial score (nSPS) is 12.2. The Balaban J connectivity index is 2.89. The monoisotopic (exact) mass is 256 g/mol. The number of rotatable bonds is 5. The summed E-state index contributed by atoms with van der Waals surface area (Å²) in [6.07, 6.45) is 1.51. The zero-order valence-corrected chi connectivity index (χ0v) is 9.95. The van der Waals surface area contributed by atoms with E-state index < -0.39 is 11.6 Å². The van der Waals surface area contributed by atoms with Crippen LogP contribution < -0.4 is 5.73 Å². The maximum atomic E-state index is 10.7. The third-order valence-corrected chi connectivity index (χ3v) is 2.42. The van der Waals surface area contributed by atoms with Crippen LogP contribution in [0.25, 0.3) is 0 Å². The van der Waals surface area contributed by atoms with Crippen LogP contribution in [-0.2, 0) is 14.4 Å². The molecule has 0 saturated heterocycles. The van der Waals surface area contributed by atoms with E-state index in [1.165, 1.54) is 25.5 Å². The second kappa shape index (κ2) is 4.91. The summed E-state index contributed by atoms with van der Waals surface area (Å²) in [6, 6.07) is 0. The lowest BCUT2D eigenvalue weighted by Gasteiger charge is -2.16. The molecular formula is C9H10N3O4S. The molecule has 0 aliphatic rings. The number of carbonyl (C=O) groups is 1. The maximum absolute atomic E-state index is 10.7. The summed E-state index contributed by atoms with van der Waals surface area (Å²) in [7, 11) is 0. The molecule has 0 spiro atoms. The number of hydrogen-bond donors (Lipinski definition) is 2. The predicted molar refractivity (Wildman–Crippen MR) is 61.6 cm³/mol. The molecule has 7 nitrogen and oxygen atoms in total. The minimum absolute atomic E-state index is 0.198. The van der Waals surface area contributed by atoms with Crippen LogP contribution in [0.3, 0.4) is 0 Å². The van der Waals surface area contributed by atoms with Gasteiger partial charge < -0.3 is 15.7 Å². The van der Waals surface area contributed by atoms with Gasteiger partial charge in [-0.05, 0) is 13.8 Å². The highest BCUT2D eigenvalue weighted by Crippen LogP contribution is 2.14.